The van der Waals surface area contributed by atoms with Gasteiger partial charge in [0.2, 0.25) is 21.9 Å². The largest absolute Gasteiger partial charge is 0.437 e. The summed E-state index contributed by atoms with van der Waals surface area (Å²) in [5, 5.41) is 7.93. The van der Waals surface area contributed by atoms with Crippen molar-refractivity contribution in [2.75, 3.05) is 23.1 Å². The minimum absolute atomic E-state index is 0.177. The Morgan fingerprint density at radius 2 is 1.86 bits per heavy atom. The number of piperidine rings is 1. The molecule has 1 atom stereocenters. The van der Waals surface area contributed by atoms with Crippen LogP contribution in [0.4, 0.5) is 16.0 Å². The van der Waals surface area contributed by atoms with Crippen LogP contribution in [-0.4, -0.2) is 42.5 Å². The summed E-state index contributed by atoms with van der Waals surface area (Å²) >= 11 is 6.18. The Morgan fingerprint density at radius 1 is 1.02 bits per heavy atom. The van der Waals surface area contributed by atoms with Gasteiger partial charge in [-0.1, -0.05) is 41.9 Å². The van der Waals surface area contributed by atoms with Gasteiger partial charge in [-0.25, -0.2) is 27.8 Å². The second kappa shape index (κ2) is 12.7. The molecule has 226 valence electrons. The Morgan fingerprint density at radius 3 is 2.68 bits per heavy atom. The molecule has 0 amide bonds. The lowest BCUT2D eigenvalue weighted by molar-refractivity contribution is 0.466. The quantitative estimate of drug-likeness (QED) is 0.164. The van der Waals surface area contributed by atoms with Crippen molar-refractivity contribution >= 4 is 44.0 Å². The molecule has 1 aliphatic heterocycles. The summed E-state index contributed by atoms with van der Waals surface area (Å²) in [5.74, 6) is 0.0772. The number of anilines is 2. The van der Waals surface area contributed by atoms with Gasteiger partial charge in [-0.3, -0.25) is 4.72 Å². The average Bonchev–Trinajstić information content (AvgIpc) is 3.02. The summed E-state index contributed by atoms with van der Waals surface area (Å²) in [4.78, 5) is 13.6. The number of aryl methyl sites for hydroxylation is 1. The monoisotopic (exact) mass is 632 g/mol. The number of rotatable bonds is 9. The van der Waals surface area contributed by atoms with Crippen molar-refractivity contribution in [1.82, 2.24) is 20.3 Å². The fraction of sp³-hybridized carbons (Fsp3) is 0.219. The van der Waals surface area contributed by atoms with Crippen LogP contribution < -0.4 is 20.1 Å². The minimum Gasteiger partial charge on any atom is -0.437 e. The SMILES string of the molecule is Cc1ccc2c(NS(=O)(=O)Cc3ccccc3Cl)c(F)ccc2c1Oc1ncccc1-c1ccnc(N[C@H]2CCCNC2)n1. The van der Waals surface area contributed by atoms with Gasteiger partial charge >= 0.3 is 0 Å². The van der Waals surface area contributed by atoms with Crippen LogP contribution in [0.15, 0.2) is 79.1 Å². The first-order valence-corrected chi connectivity index (χ1v) is 16.2. The van der Waals surface area contributed by atoms with Crippen LogP contribution in [0.3, 0.4) is 0 Å². The van der Waals surface area contributed by atoms with Crippen LogP contribution in [0.5, 0.6) is 11.6 Å². The number of ether oxygens (including phenoxy) is 1. The van der Waals surface area contributed by atoms with Gasteiger partial charge in [0.1, 0.15) is 11.6 Å². The standard InChI is InChI=1S/C32H30ClFN6O3S/c1-20-10-11-23-24(12-13-27(34)29(23)40-44(41,42)19-21-6-2-3-9-26(21)33)30(20)43-31-25(8-5-16-36-31)28-14-17-37-32(39-28)38-22-7-4-15-35-18-22/h2-3,5-6,8-14,16-17,22,35,40H,4,7,15,18-19H2,1H3,(H,37,38,39)/t22-/m0/s1. The van der Waals surface area contributed by atoms with Gasteiger partial charge in [-0.15, -0.1) is 0 Å². The number of hydrogen-bond donors (Lipinski definition) is 3. The zero-order valence-electron chi connectivity index (χ0n) is 23.8. The number of halogens is 2. The fourth-order valence-electron chi connectivity index (χ4n) is 5.21. The fourth-order valence-corrected chi connectivity index (χ4v) is 6.74. The summed E-state index contributed by atoms with van der Waals surface area (Å²) in [7, 11) is -4.02. The van der Waals surface area contributed by atoms with Crippen LogP contribution in [-0.2, 0) is 15.8 Å². The first-order valence-electron chi connectivity index (χ1n) is 14.2. The molecule has 3 N–H and O–H groups in total. The van der Waals surface area contributed by atoms with E-state index in [9.17, 15) is 8.42 Å². The van der Waals surface area contributed by atoms with Crippen molar-refractivity contribution in [3.8, 4) is 22.9 Å². The Kier molecular flexibility index (Phi) is 8.60. The third-order valence-corrected chi connectivity index (χ3v) is 8.96. The van der Waals surface area contributed by atoms with Crippen LogP contribution >= 0.6 is 11.6 Å². The van der Waals surface area contributed by atoms with Gasteiger partial charge in [0, 0.05) is 40.8 Å². The molecule has 12 heteroatoms. The lowest BCUT2D eigenvalue weighted by atomic mass is 10.0. The molecular formula is C32H30ClFN6O3S. The maximum absolute atomic E-state index is 15.2. The number of hydrogen-bond acceptors (Lipinski definition) is 8. The van der Waals surface area contributed by atoms with Gasteiger partial charge in [-0.05, 0) is 73.8 Å². The highest BCUT2D eigenvalue weighted by Crippen LogP contribution is 2.40. The van der Waals surface area contributed by atoms with Gasteiger partial charge < -0.3 is 15.4 Å². The van der Waals surface area contributed by atoms with E-state index in [2.05, 4.69) is 25.3 Å². The second-order valence-corrected chi connectivity index (χ2v) is 12.7. The molecule has 0 saturated carbocycles. The number of nitrogens with zero attached hydrogens (tertiary/aromatic N) is 3. The molecule has 6 rings (SSSR count). The van der Waals surface area contributed by atoms with Crippen molar-refractivity contribution in [3.05, 3.63) is 101 Å². The smallest absolute Gasteiger partial charge is 0.237 e. The molecular weight excluding hydrogens is 603 g/mol. The summed E-state index contributed by atoms with van der Waals surface area (Å²) in [6, 6.07) is 18.5. The molecule has 3 heterocycles. The molecule has 3 aromatic carbocycles. The molecule has 0 radical (unpaired) electrons. The van der Waals surface area contributed by atoms with Crippen LogP contribution in [0.1, 0.15) is 24.0 Å². The third kappa shape index (κ3) is 6.59. The number of sulfonamides is 1. The molecule has 0 aliphatic carbocycles. The molecule has 0 bridgehead atoms. The van der Waals surface area contributed by atoms with Gasteiger partial charge in [0.05, 0.1) is 22.7 Å². The summed E-state index contributed by atoms with van der Waals surface area (Å²) in [6.07, 6.45) is 5.41. The maximum atomic E-state index is 15.2. The van der Waals surface area contributed by atoms with Crippen LogP contribution in [0.25, 0.3) is 22.0 Å². The summed E-state index contributed by atoms with van der Waals surface area (Å²) in [5.41, 5.74) is 2.23. The maximum Gasteiger partial charge on any atom is 0.237 e. The van der Waals surface area contributed by atoms with Gasteiger partial charge in [0.15, 0.2) is 0 Å². The number of fused-ring (bicyclic) bond motifs is 1. The van der Waals surface area contributed by atoms with E-state index in [-0.39, 0.29) is 17.6 Å². The highest BCUT2D eigenvalue weighted by molar-refractivity contribution is 7.92. The van der Waals surface area contributed by atoms with Gasteiger partial charge in [0.25, 0.3) is 0 Å². The van der Waals surface area contributed by atoms with Crippen molar-refractivity contribution in [2.24, 2.45) is 0 Å². The van der Waals surface area contributed by atoms with E-state index in [1.165, 1.54) is 6.07 Å². The Labute approximate surface area is 259 Å². The molecule has 1 aliphatic rings. The Hall–Kier alpha value is -4.32. The van der Waals surface area contributed by atoms with Crippen LogP contribution in [0.2, 0.25) is 5.02 Å². The third-order valence-electron chi connectivity index (χ3n) is 7.39. The Bertz CT molecular complexity index is 1940. The topological polar surface area (TPSA) is 118 Å². The number of pyridine rings is 1. The lowest BCUT2D eigenvalue weighted by Crippen LogP contribution is -2.38. The van der Waals surface area contributed by atoms with E-state index in [1.54, 1.807) is 67.0 Å². The number of aromatic nitrogens is 3. The molecule has 5 aromatic rings. The second-order valence-electron chi connectivity index (χ2n) is 10.6. The zero-order chi connectivity index (χ0) is 30.7. The van der Waals surface area contributed by atoms with E-state index >= 15 is 4.39 Å². The zero-order valence-corrected chi connectivity index (χ0v) is 25.4. The molecule has 0 unspecified atom stereocenters. The Balaban J connectivity index is 1.33. The number of nitrogens with one attached hydrogen (secondary N) is 3. The minimum atomic E-state index is -4.02. The average molecular weight is 633 g/mol. The first-order chi connectivity index (χ1) is 21.3. The van der Waals surface area contributed by atoms with Gasteiger partial charge in [-0.2, -0.15) is 0 Å². The molecule has 9 nitrogen and oxygen atoms in total. The lowest BCUT2D eigenvalue weighted by Gasteiger charge is -2.23. The molecule has 2 aromatic heterocycles. The molecule has 44 heavy (non-hydrogen) atoms. The first kappa shape index (κ1) is 29.7. The van der Waals surface area contributed by atoms with E-state index in [0.29, 0.717) is 44.3 Å². The van der Waals surface area contributed by atoms with Crippen molar-refractivity contribution in [3.63, 3.8) is 0 Å². The predicted octanol–water partition coefficient (Wildman–Crippen LogP) is 6.69. The predicted molar refractivity (Wildman–Crippen MR) is 171 cm³/mol. The molecule has 1 saturated heterocycles. The summed E-state index contributed by atoms with van der Waals surface area (Å²) < 4.78 is 50.3. The highest BCUT2D eigenvalue weighted by Gasteiger charge is 2.21. The molecule has 0 spiro atoms. The van der Waals surface area contributed by atoms with E-state index in [0.717, 1.165) is 31.5 Å². The van der Waals surface area contributed by atoms with Crippen molar-refractivity contribution in [1.29, 1.82) is 0 Å². The summed E-state index contributed by atoms with van der Waals surface area (Å²) in [6.45, 7) is 3.70. The molecule has 1 fully saturated rings. The van der Waals surface area contributed by atoms with E-state index in [1.807, 2.05) is 13.0 Å². The van der Waals surface area contributed by atoms with Crippen molar-refractivity contribution < 1.29 is 17.5 Å². The van der Waals surface area contributed by atoms with E-state index in [4.69, 9.17) is 21.3 Å². The van der Waals surface area contributed by atoms with Crippen LogP contribution in [0, 0.1) is 12.7 Å². The normalized spacial score (nSPS) is 15.2. The highest BCUT2D eigenvalue weighted by atomic mass is 35.5. The van der Waals surface area contributed by atoms with E-state index < -0.39 is 21.6 Å². The van der Waals surface area contributed by atoms with Crippen molar-refractivity contribution in [2.45, 2.75) is 31.6 Å². The number of benzene rings is 3.